The molecular weight excluding hydrogens is 128 g/mol. The van der Waals surface area contributed by atoms with Crippen LogP contribution in [0, 0.1) is 0 Å². The van der Waals surface area contributed by atoms with Crippen LogP contribution in [-0.4, -0.2) is 19.8 Å². The molecule has 0 aliphatic heterocycles. The van der Waals surface area contributed by atoms with Gasteiger partial charge in [-0.05, 0) is 23.9 Å². The number of carbonyl (C=O) groups is 1. The van der Waals surface area contributed by atoms with Crippen molar-refractivity contribution in [2.24, 2.45) is 0 Å². The lowest BCUT2D eigenvalue weighted by atomic mass is 10.5. The van der Waals surface area contributed by atoms with Crippen LogP contribution in [0.1, 0.15) is 12.8 Å². The van der Waals surface area contributed by atoms with Gasteiger partial charge in [-0.25, -0.2) is 0 Å². The summed E-state index contributed by atoms with van der Waals surface area (Å²) in [5.41, 5.74) is 0. The van der Waals surface area contributed by atoms with Gasteiger partial charge in [-0.15, -0.1) is 0 Å². The molecule has 0 aromatic carbocycles. The van der Waals surface area contributed by atoms with Crippen molar-refractivity contribution in [1.29, 1.82) is 0 Å². The molecule has 0 spiro atoms. The molecule has 1 aliphatic carbocycles. The Bertz CT molecular complexity index is 138. The SMILES string of the molecule is O=CC1(S(=O)[O-])CC1. The fourth-order valence-electron chi connectivity index (χ4n) is 0.447. The van der Waals surface area contributed by atoms with Gasteiger partial charge in [0.25, 0.3) is 0 Å². The first kappa shape index (κ1) is 5.91. The lowest BCUT2D eigenvalue weighted by molar-refractivity contribution is -0.108. The first-order chi connectivity index (χ1) is 3.71. The molecule has 1 fully saturated rings. The molecule has 0 bridgehead atoms. The minimum Gasteiger partial charge on any atom is -0.772 e. The van der Waals surface area contributed by atoms with Gasteiger partial charge in [0.15, 0.2) is 0 Å². The van der Waals surface area contributed by atoms with E-state index in [1.165, 1.54) is 0 Å². The average Bonchev–Trinajstić information content (AvgIpc) is 2.44. The maximum atomic E-state index is 10.1. The molecule has 1 rings (SSSR count). The Morgan fingerprint density at radius 3 is 2.12 bits per heavy atom. The van der Waals surface area contributed by atoms with E-state index >= 15 is 0 Å². The van der Waals surface area contributed by atoms with Gasteiger partial charge in [0.1, 0.15) is 6.29 Å². The number of aldehydes is 1. The first-order valence-electron chi connectivity index (χ1n) is 2.27. The van der Waals surface area contributed by atoms with Crippen molar-refractivity contribution in [1.82, 2.24) is 0 Å². The van der Waals surface area contributed by atoms with Crippen LogP contribution in [-0.2, 0) is 15.9 Å². The normalized spacial score (nSPS) is 26.6. The summed E-state index contributed by atoms with van der Waals surface area (Å²) in [5, 5.41) is 0. The van der Waals surface area contributed by atoms with E-state index in [1.807, 2.05) is 0 Å². The average molecular weight is 133 g/mol. The van der Waals surface area contributed by atoms with Gasteiger partial charge in [-0.2, -0.15) is 0 Å². The third-order valence-electron chi connectivity index (χ3n) is 1.29. The van der Waals surface area contributed by atoms with Crippen molar-refractivity contribution in [2.75, 3.05) is 0 Å². The molecule has 0 aromatic heterocycles. The van der Waals surface area contributed by atoms with E-state index in [0.29, 0.717) is 19.1 Å². The smallest absolute Gasteiger partial charge is 0.137 e. The van der Waals surface area contributed by atoms with Gasteiger partial charge in [0.2, 0.25) is 0 Å². The predicted molar refractivity (Wildman–Crippen MR) is 26.9 cm³/mol. The monoisotopic (exact) mass is 133 g/mol. The van der Waals surface area contributed by atoms with Gasteiger partial charge < -0.3 is 9.35 Å². The highest BCUT2D eigenvalue weighted by Crippen LogP contribution is 2.38. The van der Waals surface area contributed by atoms with E-state index in [-0.39, 0.29) is 0 Å². The highest BCUT2D eigenvalue weighted by atomic mass is 32.2. The van der Waals surface area contributed by atoms with Gasteiger partial charge in [-0.3, -0.25) is 4.21 Å². The van der Waals surface area contributed by atoms with Crippen molar-refractivity contribution in [2.45, 2.75) is 17.6 Å². The zero-order chi connectivity index (χ0) is 6.20. The summed E-state index contributed by atoms with van der Waals surface area (Å²) in [6, 6.07) is 0. The Labute approximate surface area is 49.4 Å². The molecule has 46 valence electrons. The zero-order valence-corrected chi connectivity index (χ0v) is 4.94. The Morgan fingerprint density at radius 2 is 2.12 bits per heavy atom. The molecule has 1 saturated carbocycles. The van der Waals surface area contributed by atoms with Gasteiger partial charge in [-0.1, -0.05) is 0 Å². The van der Waals surface area contributed by atoms with Crippen LogP contribution < -0.4 is 0 Å². The molecular formula is C4H5O3S-. The molecule has 0 amide bonds. The van der Waals surface area contributed by atoms with Crippen LogP contribution in [0.25, 0.3) is 0 Å². The minimum atomic E-state index is -2.18. The molecule has 1 unspecified atom stereocenters. The van der Waals surface area contributed by atoms with Crippen LogP contribution in [0.15, 0.2) is 0 Å². The second kappa shape index (κ2) is 1.63. The topological polar surface area (TPSA) is 57.2 Å². The molecule has 1 atom stereocenters. The number of rotatable bonds is 2. The van der Waals surface area contributed by atoms with Crippen molar-refractivity contribution in [3.8, 4) is 0 Å². The lowest BCUT2D eigenvalue weighted by Crippen LogP contribution is -2.16. The molecule has 0 aromatic rings. The van der Waals surface area contributed by atoms with Crippen LogP contribution in [0.5, 0.6) is 0 Å². The molecule has 8 heavy (non-hydrogen) atoms. The largest absolute Gasteiger partial charge is 0.772 e. The number of hydrogen-bond acceptors (Lipinski definition) is 3. The van der Waals surface area contributed by atoms with E-state index in [1.54, 1.807) is 0 Å². The third kappa shape index (κ3) is 0.695. The summed E-state index contributed by atoms with van der Waals surface area (Å²) in [4.78, 5) is 9.94. The lowest BCUT2D eigenvalue weighted by Gasteiger charge is -2.08. The molecule has 1 aliphatic rings. The van der Waals surface area contributed by atoms with E-state index in [9.17, 15) is 13.6 Å². The molecule has 0 heterocycles. The Hall–Kier alpha value is -0.220. The standard InChI is InChI=1S/C4H6O3S/c5-3-4(1-2-4)8(6)7/h3H,1-2H2,(H,6,7)/p-1. The van der Waals surface area contributed by atoms with Crippen LogP contribution in [0.2, 0.25) is 0 Å². The first-order valence-corrected chi connectivity index (χ1v) is 3.34. The van der Waals surface area contributed by atoms with Gasteiger partial charge >= 0.3 is 0 Å². The van der Waals surface area contributed by atoms with E-state index in [4.69, 9.17) is 0 Å². The summed E-state index contributed by atoms with van der Waals surface area (Å²) in [6.45, 7) is 0. The summed E-state index contributed by atoms with van der Waals surface area (Å²) >= 11 is -2.18. The quantitative estimate of drug-likeness (QED) is 0.380. The molecule has 3 nitrogen and oxygen atoms in total. The summed E-state index contributed by atoms with van der Waals surface area (Å²) < 4.78 is 19.2. The maximum absolute atomic E-state index is 10.1. The second-order valence-electron chi connectivity index (χ2n) is 1.92. The summed E-state index contributed by atoms with van der Waals surface area (Å²) in [7, 11) is 0. The fraction of sp³-hybridized carbons (Fsp3) is 0.750. The summed E-state index contributed by atoms with van der Waals surface area (Å²) in [6.07, 6.45) is 1.52. The second-order valence-corrected chi connectivity index (χ2v) is 3.20. The van der Waals surface area contributed by atoms with Gasteiger partial charge in [0.05, 0.1) is 4.75 Å². The Morgan fingerprint density at radius 1 is 1.62 bits per heavy atom. The Kier molecular flexibility index (Phi) is 1.21. The van der Waals surface area contributed by atoms with E-state index in [2.05, 4.69) is 0 Å². The van der Waals surface area contributed by atoms with E-state index in [0.717, 1.165) is 0 Å². The van der Waals surface area contributed by atoms with E-state index < -0.39 is 15.8 Å². The predicted octanol–water partition coefficient (Wildman–Crippen LogP) is -0.403. The zero-order valence-electron chi connectivity index (χ0n) is 4.12. The fourth-order valence-corrected chi connectivity index (χ4v) is 0.961. The van der Waals surface area contributed by atoms with Crippen LogP contribution in [0.4, 0.5) is 0 Å². The van der Waals surface area contributed by atoms with Crippen LogP contribution >= 0.6 is 0 Å². The van der Waals surface area contributed by atoms with Gasteiger partial charge in [0, 0.05) is 0 Å². The molecule has 4 heteroatoms. The van der Waals surface area contributed by atoms with Crippen molar-refractivity contribution in [3.63, 3.8) is 0 Å². The Balaban J connectivity index is 2.66. The summed E-state index contributed by atoms with van der Waals surface area (Å²) in [5.74, 6) is 0. The minimum absolute atomic E-state index is 0.507. The van der Waals surface area contributed by atoms with Crippen molar-refractivity contribution >= 4 is 17.4 Å². The molecule has 0 radical (unpaired) electrons. The van der Waals surface area contributed by atoms with Crippen molar-refractivity contribution in [3.05, 3.63) is 0 Å². The number of carbonyl (C=O) groups excluding carboxylic acids is 1. The third-order valence-corrected chi connectivity index (χ3v) is 2.46. The molecule has 0 N–H and O–H groups in total. The highest BCUT2D eigenvalue weighted by molar-refractivity contribution is 7.81. The molecule has 0 saturated heterocycles. The number of hydrogen-bond donors (Lipinski definition) is 0. The van der Waals surface area contributed by atoms with Crippen LogP contribution in [0.3, 0.4) is 0 Å². The van der Waals surface area contributed by atoms with Crippen molar-refractivity contribution < 1.29 is 13.6 Å². The maximum Gasteiger partial charge on any atom is 0.137 e. The highest BCUT2D eigenvalue weighted by Gasteiger charge is 2.44.